The SMILES string of the molecule is c1ccc(-c2nc(-c3ccc4c(c3)oc3ccccc34)nc(-c3cccc4oc5cc(-c6ccc7c(c6)oc6ccccc67)ccc5c34)n2)cc1. The maximum Gasteiger partial charge on any atom is 0.164 e. The second kappa shape index (κ2) is 10.7. The molecule has 0 bridgehead atoms. The van der Waals surface area contributed by atoms with Crippen molar-refractivity contribution < 1.29 is 13.3 Å². The van der Waals surface area contributed by atoms with E-state index in [0.29, 0.717) is 17.5 Å². The van der Waals surface area contributed by atoms with Crippen LogP contribution in [-0.4, -0.2) is 15.0 Å². The van der Waals surface area contributed by atoms with E-state index in [2.05, 4.69) is 66.7 Å². The number of furan rings is 3. The molecule has 4 aromatic heterocycles. The molecule has 0 saturated carbocycles. The fourth-order valence-electron chi connectivity index (χ4n) is 7.30. The predicted octanol–water partition coefficient (Wildman–Crippen LogP) is 12.2. The second-order valence-corrected chi connectivity index (χ2v) is 12.8. The summed E-state index contributed by atoms with van der Waals surface area (Å²) in [5.41, 5.74) is 9.65. The summed E-state index contributed by atoms with van der Waals surface area (Å²) in [6.45, 7) is 0. The molecule has 0 N–H and O–H groups in total. The van der Waals surface area contributed by atoms with Gasteiger partial charge in [0.05, 0.1) is 0 Å². The Balaban J connectivity index is 1.07. The number of benzene rings is 7. The van der Waals surface area contributed by atoms with Gasteiger partial charge in [0.1, 0.15) is 33.5 Å². The first kappa shape index (κ1) is 27.9. The standard InChI is InChI=1S/C45H25N3O3/c1-2-9-26(10-3-1)43-46-44(29-19-21-33-31-12-5-7-15-37(31)50-40(33)25-29)48-45(47-43)35-13-8-16-38-42(35)34-22-18-28(24-41(34)51-38)27-17-20-32-30-11-4-6-14-36(30)49-39(32)23-27/h1-25H. The van der Waals surface area contributed by atoms with Crippen molar-refractivity contribution in [1.82, 2.24) is 15.0 Å². The minimum Gasteiger partial charge on any atom is -0.456 e. The van der Waals surface area contributed by atoms with Gasteiger partial charge < -0.3 is 13.3 Å². The highest BCUT2D eigenvalue weighted by Gasteiger charge is 2.19. The van der Waals surface area contributed by atoms with E-state index in [1.54, 1.807) is 0 Å². The van der Waals surface area contributed by atoms with Crippen molar-refractivity contribution in [3.05, 3.63) is 152 Å². The first-order valence-electron chi connectivity index (χ1n) is 16.8. The lowest BCUT2D eigenvalue weighted by molar-refractivity contribution is 0.668. The van der Waals surface area contributed by atoms with Crippen LogP contribution in [0.25, 0.3) is 111 Å². The predicted molar refractivity (Wildman–Crippen MR) is 203 cm³/mol. The van der Waals surface area contributed by atoms with Gasteiger partial charge in [-0.25, -0.2) is 15.0 Å². The fourth-order valence-corrected chi connectivity index (χ4v) is 7.30. The molecule has 0 radical (unpaired) electrons. The van der Waals surface area contributed by atoms with Gasteiger partial charge >= 0.3 is 0 Å². The van der Waals surface area contributed by atoms with Crippen molar-refractivity contribution >= 4 is 65.8 Å². The van der Waals surface area contributed by atoms with Gasteiger partial charge in [-0.15, -0.1) is 0 Å². The van der Waals surface area contributed by atoms with Gasteiger partial charge in [-0.2, -0.15) is 0 Å². The molecule has 0 aliphatic carbocycles. The zero-order valence-electron chi connectivity index (χ0n) is 27.0. The minimum absolute atomic E-state index is 0.564. The van der Waals surface area contributed by atoms with Crippen molar-refractivity contribution in [3.8, 4) is 45.3 Å². The average Bonchev–Trinajstić information content (AvgIpc) is 3.88. The van der Waals surface area contributed by atoms with E-state index in [4.69, 9.17) is 28.2 Å². The van der Waals surface area contributed by atoms with Crippen LogP contribution in [0.2, 0.25) is 0 Å². The van der Waals surface area contributed by atoms with Crippen molar-refractivity contribution in [2.24, 2.45) is 0 Å². The number of rotatable bonds is 4. The van der Waals surface area contributed by atoms with Crippen LogP contribution in [0.15, 0.2) is 165 Å². The van der Waals surface area contributed by atoms with Crippen LogP contribution in [0.3, 0.4) is 0 Å². The van der Waals surface area contributed by atoms with Crippen LogP contribution >= 0.6 is 0 Å². The number of fused-ring (bicyclic) bond motifs is 9. The first-order chi connectivity index (χ1) is 25.2. The van der Waals surface area contributed by atoms with E-state index in [1.165, 1.54) is 0 Å². The molecule has 6 nitrogen and oxygen atoms in total. The Morgan fingerprint density at radius 3 is 1.45 bits per heavy atom. The summed E-state index contributed by atoms with van der Waals surface area (Å²) in [6.07, 6.45) is 0. The molecule has 11 rings (SSSR count). The molecule has 11 aromatic rings. The molecule has 0 fully saturated rings. The van der Waals surface area contributed by atoms with E-state index in [9.17, 15) is 0 Å². The Morgan fingerprint density at radius 2 is 0.765 bits per heavy atom. The third kappa shape index (κ3) is 4.40. The zero-order valence-corrected chi connectivity index (χ0v) is 27.0. The second-order valence-electron chi connectivity index (χ2n) is 12.8. The molecule has 4 heterocycles. The summed E-state index contributed by atoms with van der Waals surface area (Å²) >= 11 is 0. The molecular formula is C45H25N3O3. The number of aromatic nitrogens is 3. The fraction of sp³-hybridized carbons (Fsp3) is 0. The number of hydrogen-bond acceptors (Lipinski definition) is 6. The molecule has 0 aliphatic rings. The van der Waals surface area contributed by atoms with E-state index < -0.39 is 0 Å². The van der Waals surface area contributed by atoms with E-state index >= 15 is 0 Å². The van der Waals surface area contributed by atoms with Gasteiger partial charge in [-0.1, -0.05) is 97.1 Å². The normalized spacial score (nSPS) is 11.9. The minimum atomic E-state index is 0.564. The third-order valence-electron chi connectivity index (χ3n) is 9.75. The quantitative estimate of drug-likeness (QED) is 0.188. The van der Waals surface area contributed by atoms with Gasteiger partial charge in [0.15, 0.2) is 17.5 Å². The highest BCUT2D eigenvalue weighted by Crippen LogP contribution is 2.40. The summed E-state index contributed by atoms with van der Waals surface area (Å²) in [5, 5.41) is 6.30. The molecule has 6 heteroatoms. The Hall–Kier alpha value is -7.05. The van der Waals surface area contributed by atoms with Crippen LogP contribution in [-0.2, 0) is 0 Å². The van der Waals surface area contributed by atoms with Gasteiger partial charge in [-0.3, -0.25) is 0 Å². The maximum absolute atomic E-state index is 6.51. The Morgan fingerprint density at radius 1 is 0.294 bits per heavy atom. The molecular weight excluding hydrogens is 631 g/mol. The molecule has 0 unspecified atom stereocenters. The van der Waals surface area contributed by atoms with Crippen molar-refractivity contribution in [1.29, 1.82) is 0 Å². The summed E-state index contributed by atoms with van der Waals surface area (Å²) in [4.78, 5) is 15.1. The van der Waals surface area contributed by atoms with Crippen molar-refractivity contribution in [2.75, 3.05) is 0 Å². The van der Waals surface area contributed by atoms with Crippen LogP contribution in [0.1, 0.15) is 0 Å². The highest BCUT2D eigenvalue weighted by molar-refractivity contribution is 6.13. The average molecular weight is 656 g/mol. The Labute approximate surface area is 290 Å². The summed E-state index contributed by atoms with van der Waals surface area (Å²) in [5.74, 6) is 1.72. The van der Waals surface area contributed by atoms with E-state index in [0.717, 1.165) is 93.6 Å². The Kier molecular flexibility index (Phi) is 5.86. The number of hydrogen-bond donors (Lipinski definition) is 0. The van der Waals surface area contributed by atoms with Crippen LogP contribution in [0.5, 0.6) is 0 Å². The van der Waals surface area contributed by atoms with Gasteiger partial charge in [0, 0.05) is 49.0 Å². The molecule has 0 spiro atoms. The van der Waals surface area contributed by atoms with Crippen LogP contribution in [0.4, 0.5) is 0 Å². The zero-order chi connectivity index (χ0) is 33.5. The number of para-hydroxylation sites is 2. The van der Waals surface area contributed by atoms with E-state index in [-0.39, 0.29) is 0 Å². The molecule has 0 saturated heterocycles. The smallest absolute Gasteiger partial charge is 0.164 e. The maximum atomic E-state index is 6.51. The lowest BCUT2D eigenvalue weighted by Crippen LogP contribution is -2.00. The number of nitrogens with zero attached hydrogens (tertiary/aromatic N) is 3. The van der Waals surface area contributed by atoms with E-state index in [1.807, 2.05) is 84.9 Å². The summed E-state index contributed by atoms with van der Waals surface area (Å²) < 4.78 is 18.9. The third-order valence-corrected chi connectivity index (χ3v) is 9.75. The monoisotopic (exact) mass is 655 g/mol. The molecule has 0 amide bonds. The molecule has 0 aliphatic heterocycles. The van der Waals surface area contributed by atoms with Gasteiger partial charge in [0.25, 0.3) is 0 Å². The Bertz CT molecular complexity index is 3150. The van der Waals surface area contributed by atoms with Gasteiger partial charge in [-0.05, 0) is 65.7 Å². The van der Waals surface area contributed by atoms with Crippen molar-refractivity contribution in [2.45, 2.75) is 0 Å². The summed E-state index contributed by atoms with van der Waals surface area (Å²) in [7, 11) is 0. The molecule has 7 aromatic carbocycles. The van der Waals surface area contributed by atoms with Gasteiger partial charge in [0.2, 0.25) is 0 Å². The summed E-state index contributed by atoms with van der Waals surface area (Å²) in [6, 6.07) is 51.1. The molecule has 238 valence electrons. The lowest BCUT2D eigenvalue weighted by atomic mass is 10.0. The first-order valence-corrected chi connectivity index (χ1v) is 16.8. The molecule has 51 heavy (non-hydrogen) atoms. The molecule has 0 atom stereocenters. The van der Waals surface area contributed by atoms with Crippen LogP contribution < -0.4 is 0 Å². The van der Waals surface area contributed by atoms with Crippen molar-refractivity contribution in [3.63, 3.8) is 0 Å². The topological polar surface area (TPSA) is 78.1 Å². The van der Waals surface area contributed by atoms with Crippen LogP contribution in [0, 0.1) is 0 Å². The largest absolute Gasteiger partial charge is 0.456 e. The highest BCUT2D eigenvalue weighted by atomic mass is 16.3. The lowest BCUT2D eigenvalue weighted by Gasteiger charge is -2.09.